The van der Waals surface area contributed by atoms with Gasteiger partial charge in [-0.05, 0) is 42.5 Å². The average molecular weight is 718 g/mol. The first-order chi connectivity index (χ1) is 20.0. The maximum Gasteiger partial charge on any atom is 1.00 e. The maximum atomic E-state index is 11.7. The summed E-state index contributed by atoms with van der Waals surface area (Å²) < 4.78 is 115. The number of azo groups is 2. The maximum absolute atomic E-state index is 11.7. The number of nitrogens with zero attached hydrogens (tertiary/aromatic N) is 4. The molecule has 0 spiro atoms. The van der Waals surface area contributed by atoms with Crippen LogP contribution < -0.4 is 104 Å². The van der Waals surface area contributed by atoms with E-state index in [1.165, 1.54) is 44.6 Å². The third-order valence-corrected chi connectivity index (χ3v) is 8.33. The Morgan fingerprint density at radius 2 is 1.02 bits per heavy atom. The summed E-state index contributed by atoms with van der Waals surface area (Å²) in [6.45, 7) is 0. The number of hydrogen-bond acceptors (Lipinski definition) is 16. The van der Waals surface area contributed by atoms with Crippen molar-refractivity contribution in [3.63, 3.8) is 0 Å². The molecule has 0 unspecified atom stereocenters. The van der Waals surface area contributed by atoms with E-state index in [0.717, 1.165) is 12.1 Å². The summed E-state index contributed by atoms with van der Waals surface area (Å²) in [5.41, 5.74) is 5.57. The minimum Gasteiger partial charge on any atom is -0.744 e. The van der Waals surface area contributed by atoms with Crippen molar-refractivity contribution in [1.29, 1.82) is 0 Å². The summed E-state index contributed by atoms with van der Waals surface area (Å²) >= 11 is 0. The zero-order valence-corrected chi connectivity index (χ0v) is 33.3. The molecular formula is C24H18N5Na3O11S3. The van der Waals surface area contributed by atoms with Gasteiger partial charge in [0.25, 0.3) is 0 Å². The van der Waals surface area contributed by atoms with Crippen molar-refractivity contribution in [2.45, 2.75) is 14.7 Å². The van der Waals surface area contributed by atoms with E-state index in [1.54, 1.807) is 0 Å². The van der Waals surface area contributed by atoms with E-state index >= 15 is 0 Å². The molecule has 16 nitrogen and oxygen atoms in total. The minimum absolute atomic E-state index is 0. The van der Waals surface area contributed by atoms with Crippen LogP contribution in [0.5, 0.6) is 11.5 Å². The van der Waals surface area contributed by atoms with Crippen LogP contribution in [0.1, 0.15) is 0 Å². The largest absolute Gasteiger partial charge is 1.00 e. The molecule has 0 aromatic heterocycles. The monoisotopic (exact) mass is 717 g/mol. The van der Waals surface area contributed by atoms with Crippen LogP contribution in [0.25, 0.3) is 10.8 Å². The summed E-state index contributed by atoms with van der Waals surface area (Å²) in [6.07, 6.45) is 0. The Labute approximate surface area is 330 Å². The van der Waals surface area contributed by atoms with Crippen LogP contribution in [0.3, 0.4) is 0 Å². The van der Waals surface area contributed by atoms with Gasteiger partial charge in [0.2, 0.25) is 0 Å². The van der Waals surface area contributed by atoms with Gasteiger partial charge in [0.1, 0.15) is 53.2 Å². The number of nitrogen functional groups attached to an aromatic ring is 1. The number of ether oxygens (including phenoxy) is 2. The molecule has 0 amide bonds. The van der Waals surface area contributed by atoms with E-state index in [0.29, 0.717) is 18.2 Å². The first-order valence-electron chi connectivity index (χ1n) is 11.5. The number of rotatable bonds is 9. The molecule has 0 saturated carbocycles. The van der Waals surface area contributed by atoms with E-state index < -0.39 is 50.7 Å². The SMILES string of the molecule is COc1cc(N=Nc2ccc(N=Nc3cc(S(=O)(=O)[O-])ccc3S(=O)(=O)[O-])c3ccc(S(=O)(=O)[O-])cc23)c(OC)cc1N.[Na+].[Na+].[Na+]. The standard InChI is InChI=1S/C24H21N5O11S3.3Na/c1-39-22-12-20(23(40-2)11-17(22)25)28-27-19-7-6-18(15-5-3-13(9-16(15)19)41(30,31)32)26-29-21-10-14(42(33,34)35)4-8-24(21)43(36,37)38;;;/h3-12H,25H2,1-2H3,(H,30,31,32)(H,33,34,35)(H,36,37,38);;;/q;3*+1/p-3. The number of nitrogens with two attached hydrogens (primary N) is 1. The van der Waals surface area contributed by atoms with Gasteiger partial charge in [-0.2, -0.15) is 0 Å². The normalized spacial score (nSPS) is 11.9. The van der Waals surface area contributed by atoms with Gasteiger partial charge in [-0.3, -0.25) is 0 Å². The summed E-state index contributed by atoms with van der Waals surface area (Å²) in [5.74, 6) is 0.495. The van der Waals surface area contributed by atoms with E-state index in [2.05, 4.69) is 20.5 Å². The quantitative estimate of drug-likeness (QED) is 0.0738. The Morgan fingerprint density at radius 1 is 0.543 bits per heavy atom. The van der Waals surface area contributed by atoms with Crippen LogP contribution in [0, 0.1) is 0 Å². The van der Waals surface area contributed by atoms with Crippen molar-refractivity contribution in [2.24, 2.45) is 20.5 Å². The van der Waals surface area contributed by atoms with Gasteiger partial charge >= 0.3 is 88.7 Å². The van der Waals surface area contributed by atoms with Gasteiger partial charge in [0.15, 0.2) is 0 Å². The van der Waals surface area contributed by atoms with E-state index in [4.69, 9.17) is 15.2 Å². The predicted octanol–water partition coefficient (Wildman–Crippen LogP) is -5.01. The number of benzene rings is 4. The molecule has 4 aromatic carbocycles. The van der Waals surface area contributed by atoms with Crippen LogP contribution in [0.15, 0.2) is 95.8 Å². The number of hydrogen-bond donors (Lipinski definition) is 1. The topological polar surface area (TPSA) is 266 Å². The van der Waals surface area contributed by atoms with E-state index in [-0.39, 0.29) is 134 Å². The Hall–Kier alpha value is -1.53. The molecule has 4 aromatic rings. The molecule has 0 aliphatic heterocycles. The molecular weight excluding hydrogens is 699 g/mol. The van der Waals surface area contributed by atoms with Gasteiger partial charge in [-0.1, -0.05) is 6.07 Å². The molecule has 0 atom stereocenters. The fraction of sp³-hybridized carbons (Fsp3) is 0.0833. The van der Waals surface area contributed by atoms with E-state index in [9.17, 15) is 38.9 Å². The fourth-order valence-electron chi connectivity index (χ4n) is 3.77. The van der Waals surface area contributed by atoms with Crippen molar-refractivity contribution in [3.05, 3.63) is 60.7 Å². The Balaban J connectivity index is 0.00000353. The smallest absolute Gasteiger partial charge is 0.744 e. The molecule has 2 N–H and O–H groups in total. The molecule has 0 radical (unpaired) electrons. The zero-order chi connectivity index (χ0) is 31.7. The molecule has 22 heteroatoms. The zero-order valence-electron chi connectivity index (χ0n) is 24.9. The van der Waals surface area contributed by atoms with Crippen LogP contribution >= 0.6 is 0 Å². The summed E-state index contributed by atoms with van der Waals surface area (Å²) in [7, 11) is -12.4. The van der Waals surface area contributed by atoms with E-state index in [1.807, 2.05) is 0 Å². The minimum atomic E-state index is -5.18. The molecule has 46 heavy (non-hydrogen) atoms. The first kappa shape index (κ1) is 42.5. The van der Waals surface area contributed by atoms with Crippen molar-refractivity contribution in [2.75, 3.05) is 20.0 Å². The van der Waals surface area contributed by atoms with Crippen LogP contribution in [-0.4, -0.2) is 53.1 Å². The number of fused-ring (bicyclic) bond motifs is 1. The first-order valence-corrected chi connectivity index (χ1v) is 15.7. The second kappa shape index (κ2) is 16.7. The number of methoxy groups -OCH3 is 2. The molecule has 0 heterocycles. The molecule has 0 fully saturated rings. The third-order valence-electron chi connectivity index (χ3n) is 5.78. The summed E-state index contributed by atoms with van der Waals surface area (Å²) in [6, 6.07) is 10.5. The Bertz CT molecular complexity index is 2170. The second-order valence-electron chi connectivity index (χ2n) is 8.47. The predicted molar refractivity (Wildman–Crippen MR) is 147 cm³/mol. The molecule has 0 aliphatic carbocycles. The van der Waals surface area contributed by atoms with Crippen molar-refractivity contribution < 1.29 is 137 Å². The fourth-order valence-corrected chi connectivity index (χ4v) is 5.35. The molecule has 0 saturated heterocycles. The number of anilines is 1. The third kappa shape index (κ3) is 10.00. The van der Waals surface area contributed by atoms with Crippen LogP contribution in [0.4, 0.5) is 28.4 Å². The van der Waals surface area contributed by atoms with Crippen LogP contribution in [0.2, 0.25) is 0 Å². The van der Waals surface area contributed by atoms with Crippen LogP contribution in [-0.2, 0) is 30.4 Å². The second-order valence-corrected chi connectivity index (χ2v) is 12.6. The summed E-state index contributed by atoms with van der Waals surface area (Å²) in [4.78, 5) is -2.44. The van der Waals surface area contributed by atoms with Gasteiger partial charge in [0, 0.05) is 22.9 Å². The van der Waals surface area contributed by atoms with Crippen molar-refractivity contribution in [1.82, 2.24) is 0 Å². The Kier molecular flexibility index (Phi) is 15.4. The molecule has 4 rings (SSSR count). The molecule has 0 bridgehead atoms. The van der Waals surface area contributed by atoms with Gasteiger partial charge < -0.3 is 28.9 Å². The Morgan fingerprint density at radius 3 is 1.54 bits per heavy atom. The van der Waals surface area contributed by atoms with Crippen molar-refractivity contribution >= 4 is 69.6 Å². The molecule has 0 aliphatic rings. The molecule has 226 valence electrons. The summed E-state index contributed by atoms with van der Waals surface area (Å²) in [5, 5.41) is 16.0. The average Bonchev–Trinajstić information content (AvgIpc) is 2.93. The van der Waals surface area contributed by atoms with Gasteiger partial charge in [-0.25, -0.2) is 25.3 Å². The van der Waals surface area contributed by atoms with Gasteiger partial charge in [0.05, 0.1) is 46.0 Å². The van der Waals surface area contributed by atoms with Gasteiger partial charge in [-0.15, -0.1) is 20.5 Å². The van der Waals surface area contributed by atoms with Crippen molar-refractivity contribution in [3.8, 4) is 11.5 Å².